The van der Waals surface area contributed by atoms with Crippen LogP contribution in [0.15, 0.2) is 24.3 Å². The van der Waals surface area contributed by atoms with E-state index in [1.165, 1.54) is 16.5 Å². The maximum Gasteiger partial charge on any atom is 0.254 e. The third-order valence-corrected chi connectivity index (χ3v) is 4.94. The van der Waals surface area contributed by atoms with Crippen molar-refractivity contribution in [1.29, 1.82) is 0 Å². The SMILES string of the molecule is CCCN1C[C@@H]2C[C@H]1CN2C(=O)c1ccc(I)cc1. The zero-order valence-electron chi connectivity index (χ0n) is 11.2. The zero-order valence-corrected chi connectivity index (χ0v) is 13.3. The van der Waals surface area contributed by atoms with E-state index in [1.807, 2.05) is 24.3 Å². The van der Waals surface area contributed by atoms with E-state index >= 15 is 0 Å². The molecule has 2 fully saturated rings. The normalized spacial score (nSPS) is 26.1. The molecule has 4 heteroatoms. The van der Waals surface area contributed by atoms with Gasteiger partial charge in [-0.2, -0.15) is 0 Å². The van der Waals surface area contributed by atoms with E-state index < -0.39 is 0 Å². The monoisotopic (exact) mass is 370 g/mol. The van der Waals surface area contributed by atoms with Crippen molar-refractivity contribution < 1.29 is 4.79 Å². The number of carbonyl (C=O) groups excluding carboxylic acids is 1. The lowest BCUT2D eigenvalue weighted by atomic mass is 10.2. The van der Waals surface area contributed by atoms with Gasteiger partial charge < -0.3 is 4.90 Å². The summed E-state index contributed by atoms with van der Waals surface area (Å²) >= 11 is 2.27. The fourth-order valence-corrected chi connectivity index (χ4v) is 3.68. The lowest BCUT2D eigenvalue weighted by Gasteiger charge is -2.34. The van der Waals surface area contributed by atoms with E-state index in [0.717, 1.165) is 25.1 Å². The molecule has 19 heavy (non-hydrogen) atoms. The van der Waals surface area contributed by atoms with Gasteiger partial charge >= 0.3 is 0 Å². The molecule has 2 bridgehead atoms. The van der Waals surface area contributed by atoms with Crippen LogP contribution in [-0.4, -0.2) is 47.4 Å². The number of fused-ring (bicyclic) bond motifs is 2. The first-order chi connectivity index (χ1) is 9.19. The fraction of sp³-hybridized carbons (Fsp3) is 0.533. The number of hydrogen-bond acceptors (Lipinski definition) is 2. The van der Waals surface area contributed by atoms with E-state index in [1.54, 1.807) is 0 Å². The molecule has 1 aromatic rings. The molecule has 2 aliphatic rings. The van der Waals surface area contributed by atoms with Gasteiger partial charge in [-0.3, -0.25) is 9.69 Å². The number of piperazine rings is 1. The highest BCUT2D eigenvalue weighted by Gasteiger charge is 2.44. The van der Waals surface area contributed by atoms with E-state index in [9.17, 15) is 4.79 Å². The number of hydrogen-bond donors (Lipinski definition) is 0. The predicted octanol–water partition coefficient (Wildman–Crippen LogP) is 2.60. The van der Waals surface area contributed by atoms with E-state index in [0.29, 0.717) is 12.1 Å². The molecule has 0 aliphatic carbocycles. The second-order valence-electron chi connectivity index (χ2n) is 5.50. The average Bonchev–Trinajstić information content (AvgIpc) is 2.99. The molecule has 0 unspecified atom stereocenters. The molecule has 0 aromatic heterocycles. The Balaban J connectivity index is 1.69. The highest BCUT2D eigenvalue weighted by Crippen LogP contribution is 2.31. The summed E-state index contributed by atoms with van der Waals surface area (Å²) < 4.78 is 1.17. The molecule has 0 saturated carbocycles. The Hall–Kier alpha value is -0.620. The second-order valence-corrected chi connectivity index (χ2v) is 6.75. The number of amides is 1. The van der Waals surface area contributed by atoms with Crippen LogP contribution >= 0.6 is 22.6 Å². The highest BCUT2D eigenvalue weighted by atomic mass is 127. The van der Waals surface area contributed by atoms with E-state index in [2.05, 4.69) is 39.3 Å². The number of benzene rings is 1. The van der Waals surface area contributed by atoms with Crippen LogP contribution in [0.5, 0.6) is 0 Å². The first-order valence-corrected chi connectivity index (χ1v) is 8.07. The molecule has 2 aliphatic heterocycles. The van der Waals surface area contributed by atoms with Crippen LogP contribution < -0.4 is 0 Å². The summed E-state index contributed by atoms with van der Waals surface area (Å²) in [5.41, 5.74) is 0.829. The molecule has 1 aromatic carbocycles. The Morgan fingerprint density at radius 2 is 2.00 bits per heavy atom. The molecule has 3 rings (SSSR count). The van der Waals surface area contributed by atoms with Gasteiger partial charge in [0.1, 0.15) is 0 Å². The zero-order chi connectivity index (χ0) is 13.4. The largest absolute Gasteiger partial charge is 0.333 e. The predicted molar refractivity (Wildman–Crippen MR) is 84.3 cm³/mol. The van der Waals surface area contributed by atoms with Crippen LogP contribution in [0, 0.1) is 3.57 Å². The third-order valence-electron chi connectivity index (χ3n) is 4.22. The third kappa shape index (κ3) is 2.52. The summed E-state index contributed by atoms with van der Waals surface area (Å²) in [6.45, 7) is 5.37. The summed E-state index contributed by atoms with van der Waals surface area (Å²) in [5.74, 6) is 0.208. The summed E-state index contributed by atoms with van der Waals surface area (Å²) in [4.78, 5) is 17.1. The van der Waals surface area contributed by atoms with Crippen LogP contribution in [0.2, 0.25) is 0 Å². The number of carbonyl (C=O) groups is 1. The molecule has 2 saturated heterocycles. The summed E-state index contributed by atoms with van der Waals surface area (Å²) in [6, 6.07) is 8.93. The molecule has 0 spiro atoms. The van der Waals surface area contributed by atoms with Crippen molar-refractivity contribution in [3.63, 3.8) is 0 Å². The van der Waals surface area contributed by atoms with Gasteiger partial charge in [-0.15, -0.1) is 0 Å². The Kier molecular flexibility index (Phi) is 3.80. The topological polar surface area (TPSA) is 23.6 Å². The van der Waals surface area contributed by atoms with Gasteiger partial charge in [0.05, 0.1) is 0 Å². The first kappa shape index (κ1) is 13.4. The van der Waals surface area contributed by atoms with Crippen molar-refractivity contribution in [2.24, 2.45) is 0 Å². The van der Waals surface area contributed by atoms with Gasteiger partial charge in [-0.1, -0.05) is 6.92 Å². The Morgan fingerprint density at radius 3 is 2.58 bits per heavy atom. The number of halogens is 1. The molecule has 0 N–H and O–H groups in total. The van der Waals surface area contributed by atoms with Gasteiger partial charge in [0.15, 0.2) is 0 Å². The maximum atomic E-state index is 12.5. The molecular weight excluding hydrogens is 351 g/mol. The van der Waals surface area contributed by atoms with Crippen LogP contribution in [-0.2, 0) is 0 Å². The lowest BCUT2D eigenvalue weighted by Crippen LogP contribution is -2.48. The van der Waals surface area contributed by atoms with Crippen LogP contribution in [0.1, 0.15) is 30.1 Å². The molecule has 2 heterocycles. The molecule has 0 radical (unpaired) electrons. The quantitative estimate of drug-likeness (QED) is 0.764. The highest BCUT2D eigenvalue weighted by molar-refractivity contribution is 14.1. The van der Waals surface area contributed by atoms with Crippen LogP contribution in [0.25, 0.3) is 0 Å². The van der Waals surface area contributed by atoms with Gasteiger partial charge in [0.2, 0.25) is 0 Å². The van der Waals surface area contributed by atoms with Gasteiger partial charge in [0, 0.05) is 34.3 Å². The Bertz CT molecular complexity index is 474. The van der Waals surface area contributed by atoms with Crippen molar-refractivity contribution in [1.82, 2.24) is 9.80 Å². The maximum absolute atomic E-state index is 12.5. The van der Waals surface area contributed by atoms with Crippen molar-refractivity contribution in [2.45, 2.75) is 31.8 Å². The van der Waals surface area contributed by atoms with Crippen molar-refractivity contribution in [3.8, 4) is 0 Å². The van der Waals surface area contributed by atoms with Crippen molar-refractivity contribution in [2.75, 3.05) is 19.6 Å². The van der Waals surface area contributed by atoms with Crippen LogP contribution in [0.4, 0.5) is 0 Å². The molecule has 3 nitrogen and oxygen atoms in total. The fourth-order valence-electron chi connectivity index (χ4n) is 3.32. The summed E-state index contributed by atoms with van der Waals surface area (Å²) in [7, 11) is 0. The van der Waals surface area contributed by atoms with Gasteiger partial charge in [0.25, 0.3) is 5.91 Å². The van der Waals surface area contributed by atoms with Gasteiger partial charge in [-0.25, -0.2) is 0 Å². The standard InChI is InChI=1S/C15H19IN2O/c1-2-7-17-9-14-8-13(17)10-18(14)15(19)11-3-5-12(16)6-4-11/h3-6,13-14H,2,7-10H2,1H3/t13-,14-/m0/s1. The number of nitrogens with zero attached hydrogens (tertiary/aromatic N) is 2. The smallest absolute Gasteiger partial charge is 0.254 e. The van der Waals surface area contributed by atoms with Gasteiger partial charge in [-0.05, 0) is 66.2 Å². The summed E-state index contributed by atoms with van der Waals surface area (Å²) in [5, 5.41) is 0. The van der Waals surface area contributed by atoms with E-state index in [4.69, 9.17) is 0 Å². The van der Waals surface area contributed by atoms with Crippen molar-refractivity contribution in [3.05, 3.63) is 33.4 Å². The molecule has 1 amide bonds. The molecule has 102 valence electrons. The first-order valence-electron chi connectivity index (χ1n) is 6.99. The number of rotatable bonds is 3. The average molecular weight is 370 g/mol. The Morgan fingerprint density at radius 1 is 1.26 bits per heavy atom. The molecular formula is C15H19IN2O. The number of likely N-dealkylation sites (tertiary alicyclic amines) is 2. The van der Waals surface area contributed by atoms with Crippen LogP contribution in [0.3, 0.4) is 0 Å². The lowest BCUT2D eigenvalue weighted by molar-refractivity contribution is 0.0625. The second kappa shape index (κ2) is 5.40. The van der Waals surface area contributed by atoms with E-state index in [-0.39, 0.29) is 5.91 Å². The minimum Gasteiger partial charge on any atom is -0.333 e. The minimum absolute atomic E-state index is 0.208. The minimum atomic E-state index is 0.208. The van der Waals surface area contributed by atoms with Crippen molar-refractivity contribution >= 4 is 28.5 Å². The Labute approximate surface area is 128 Å². The molecule has 2 atom stereocenters. The summed E-state index contributed by atoms with van der Waals surface area (Å²) in [6.07, 6.45) is 2.37.